The predicted octanol–water partition coefficient (Wildman–Crippen LogP) is 3.88. The standard InChI is InChI=1S/C14H19ClFNS/c15-13-3-1-2-11(14(13)16)9-12(17)8-10-4-6-18-7-5-10/h1-3,10,12H,4-9,17H2. The smallest absolute Gasteiger partial charge is 0.145 e. The average molecular weight is 288 g/mol. The zero-order valence-electron chi connectivity index (χ0n) is 10.4. The van der Waals surface area contributed by atoms with Gasteiger partial charge >= 0.3 is 0 Å². The summed E-state index contributed by atoms with van der Waals surface area (Å²) < 4.78 is 13.7. The van der Waals surface area contributed by atoms with Crippen LogP contribution in [0.5, 0.6) is 0 Å². The van der Waals surface area contributed by atoms with E-state index in [1.807, 2.05) is 11.8 Å². The van der Waals surface area contributed by atoms with E-state index in [9.17, 15) is 4.39 Å². The third kappa shape index (κ3) is 3.87. The van der Waals surface area contributed by atoms with Crippen LogP contribution in [0.15, 0.2) is 18.2 Å². The molecule has 0 amide bonds. The maximum absolute atomic E-state index is 13.7. The Balaban J connectivity index is 1.90. The molecular formula is C14H19ClFNS. The van der Waals surface area contributed by atoms with Gasteiger partial charge in [0.2, 0.25) is 0 Å². The van der Waals surface area contributed by atoms with Gasteiger partial charge in [0.1, 0.15) is 5.82 Å². The van der Waals surface area contributed by atoms with Crippen LogP contribution in [0.25, 0.3) is 0 Å². The van der Waals surface area contributed by atoms with Gasteiger partial charge in [-0.1, -0.05) is 23.7 Å². The third-order valence-electron chi connectivity index (χ3n) is 3.49. The van der Waals surface area contributed by atoms with Crippen LogP contribution in [-0.4, -0.2) is 17.5 Å². The van der Waals surface area contributed by atoms with Gasteiger partial charge in [0.05, 0.1) is 5.02 Å². The van der Waals surface area contributed by atoms with Crippen LogP contribution in [-0.2, 0) is 6.42 Å². The summed E-state index contributed by atoms with van der Waals surface area (Å²) in [6, 6.07) is 5.17. The van der Waals surface area contributed by atoms with E-state index in [1.165, 1.54) is 24.3 Å². The monoisotopic (exact) mass is 287 g/mol. The molecule has 1 aromatic rings. The lowest BCUT2D eigenvalue weighted by molar-refractivity contribution is 0.403. The molecule has 1 nitrogen and oxygen atoms in total. The number of halogens is 2. The van der Waals surface area contributed by atoms with E-state index >= 15 is 0 Å². The molecule has 18 heavy (non-hydrogen) atoms. The Morgan fingerprint density at radius 2 is 2.11 bits per heavy atom. The largest absolute Gasteiger partial charge is 0.327 e. The fourth-order valence-corrected chi connectivity index (χ4v) is 3.88. The van der Waals surface area contributed by atoms with E-state index in [0.717, 1.165) is 6.42 Å². The minimum atomic E-state index is -0.311. The number of nitrogens with two attached hydrogens (primary N) is 1. The van der Waals surface area contributed by atoms with Gasteiger partial charge in [-0.3, -0.25) is 0 Å². The fraction of sp³-hybridized carbons (Fsp3) is 0.571. The van der Waals surface area contributed by atoms with Gasteiger partial charge in [0.15, 0.2) is 0 Å². The normalized spacial score (nSPS) is 18.8. The van der Waals surface area contributed by atoms with Crippen LogP contribution in [0.2, 0.25) is 5.02 Å². The molecule has 2 N–H and O–H groups in total. The van der Waals surface area contributed by atoms with E-state index in [1.54, 1.807) is 18.2 Å². The summed E-state index contributed by atoms with van der Waals surface area (Å²) in [6.45, 7) is 0. The Bertz CT molecular complexity index is 393. The summed E-state index contributed by atoms with van der Waals surface area (Å²) in [5.74, 6) is 2.88. The molecule has 0 saturated carbocycles. The molecule has 1 atom stereocenters. The Morgan fingerprint density at radius 3 is 2.83 bits per heavy atom. The Labute approximate surface area is 117 Å². The molecule has 2 rings (SSSR count). The van der Waals surface area contributed by atoms with Crippen LogP contribution in [0.4, 0.5) is 4.39 Å². The highest BCUT2D eigenvalue weighted by atomic mass is 35.5. The van der Waals surface area contributed by atoms with Crippen LogP contribution >= 0.6 is 23.4 Å². The minimum Gasteiger partial charge on any atom is -0.327 e. The lowest BCUT2D eigenvalue weighted by Crippen LogP contribution is -2.28. The molecule has 0 aliphatic carbocycles. The van der Waals surface area contributed by atoms with Crippen molar-refractivity contribution in [1.29, 1.82) is 0 Å². The summed E-state index contributed by atoms with van der Waals surface area (Å²) in [5.41, 5.74) is 6.78. The van der Waals surface area contributed by atoms with E-state index in [4.69, 9.17) is 17.3 Å². The van der Waals surface area contributed by atoms with Gasteiger partial charge in [0.25, 0.3) is 0 Å². The minimum absolute atomic E-state index is 0.0334. The molecule has 1 unspecified atom stereocenters. The van der Waals surface area contributed by atoms with Gasteiger partial charge in [-0.2, -0.15) is 11.8 Å². The van der Waals surface area contributed by atoms with Crippen LogP contribution in [0.1, 0.15) is 24.8 Å². The summed E-state index contributed by atoms with van der Waals surface area (Å²) in [5, 5.41) is 0.189. The highest BCUT2D eigenvalue weighted by molar-refractivity contribution is 7.99. The van der Waals surface area contributed by atoms with Crippen molar-refractivity contribution in [3.05, 3.63) is 34.6 Å². The van der Waals surface area contributed by atoms with Crippen molar-refractivity contribution in [2.45, 2.75) is 31.7 Å². The van der Waals surface area contributed by atoms with E-state index in [2.05, 4.69) is 0 Å². The molecule has 1 fully saturated rings. The predicted molar refractivity (Wildman–Crippen MR) is 77.8 cm³/mol. The first-order chi connectivity index (χ1) is 8.66. The van der Waals surface area contributed by atoms with Crippen molar-refractivity contribution in [2.24, 2.45) is 11.7 Å². The van der Waals surface area contributed by atoms with Crippen molar-refractivity contribution in [1.82, 2.24) is 0 Å². The highest BCUT2D eigenvalue weighted by Crippen LogP contribution is 2.27. The summed E-state index contributed by atoms with van der Waals surface area (Å²) >= 11 is 7.79. The first-order valence-electron chi connectivity index (χ1n) is 6.43. The van der Waals surface area contributed by atoms with Crippen molar-refractivity contribution in [3.63, 3.8) is 0 Å². The SMILES string of the molecule is NC(Cc1cccc(Cl)c1F)CC1CCSCC1. The molecule has 0 radical (unpaired) electrons. The molecule has 100 valence electrons. The molecule has 1 aliphatic rings. The number of hydrogen-bond donors (Lipinski definition) is 1. The molecule has 0 aromatic heterocycles. The summed E-state index contributed by atoms with van der Waals surface area (Å²) in [6.07, 6.45) is 4.06. The van der Waals surface area contributed by atoms with Gasteiger partial charge in [-0.05, 0) is 54.7 Å². The van der Waals surface area contributed by atoms with E-state index in [-0.39, 0.29) is 16.9 Å². The Morgan fingerprint density at radius 1 is 1.39 bits per heavy atom. The van der Waals surface area contributed by atoms with Gasteiger partial charge in [-0.25, -0.2) is 4.39 Å². The van der Waals surface area contributed by atoms with Crippen molar-refractivity contribution in [2.75, 3.05) is 11.5 Å². The second kappa shape index (κ2) is 6.78. The van der Waals surface area contributed by atoms with Crippen molar-refractivity contribution < 1.29 is 4.39 Å². The Kier molecular flexibility index (Phi) is 5.34. The molecule has 0 spiro atoms. The molecule has 4 heteroatoms. The molecule has 0 bridgehead atoms. The number of rotatable bonds is 4. The first kappa shape index (κ1) is 14.2. The van der Waals surface area contributed by atoms with Gasteiger partial charge < -0.3 is 5.73 Å². The lowest BCUT2D eigenvalue weighted by Gasteiger charge is -2.24. The number of hydrogen-bond acceptors (Lipinski definition) is 2. The molecule has 1 aliphatic heterocycles. The van der Waals surface area contributed by atoms with E-state index in [0.29, 0.717) is 17.9 Å². The average Bonchev–Trinajstić information content (AvgIpc) is 2.36. The maximum Gasteiger partial charge on any atom is 0.145 e. The highest BCUT2D eigenvalue weighted by Gasteiger charge is 2.18. The second-order valence-corrected chi connectivity index (χ2v) is 6.60. The zero-order chi connectivity index (χ0) is 13.0. The molecule has 1 aromatic carbocycles. The fourth-order valence-electron chi connectivity index (χ4n) is 2.48. The molecule has 1 saturated heterocycles. The second-order valence-electron chi connectivity index (χ2n) is 4.97. The van der Waals surface area contributed by atoms with Crippen LogP contribution in [0.3, 0.4) is 0 Å². The van der Waals surface area contributed by atoms with Gasteiger partial charge in [-0.15, -0.1) is 0 Å². The van der Waals surface area contributed by atoms with E-state index < -0.39 is 0 Å². The lowest BCUT2D eigenvalue weighted by atomic mass is 9.91. The maximum atomic E-state index is 13.7. The molecule has 1 heterocycles. The van der Waals surface area contributed by atoms with Gasteiger partial charge in [0, 0.05) is 6.04 Å². The van der Waals surface area contributed by atoms with Crippen molar-refractivity contribution in [3.8, 4) is 0 Å². The van der Waals surface area contributed by atoms with Crippen LogP contribution < -0.4 is 5.73 Å². The zero-order valence-corrected chi connectivity index (χ0v) is 11.9. The first-order valence-corrected chi connectivity index (χ1v) is 7.96. The van der Waals surface area contributed by atoms with Crippen molar-refractivity contribution >= 4 is 23.4 Å². The quantitative estimate of drug-likeness (QED) is 0.909. The summed E-state index contributed by atoms with van der Waals surface area (Å²) in [4.78, 5) is 0. The third-order valence-corrected chi connectivity index (χ3v) is 4.83. The number of thioether (sulfide) groups is 1. The van der Waals surface area contributed by atoms with Crippen LogP contribution in [0, 0.1) is 11.7 Å². The number of benzene rings is 1. The molecular weight excluding hydrogens is 269 g/mol. The Hall–Kier alpha value is -0.250. The topological polar surface area (TPSA) is 26.0 Å². The summed E-state index contributed by atoms with van der Waals surface area (Å²) in [7, 11) is 0.